The topological polar surface area (TPSA) is 75.7 Å². The maximum atomic E-state index is 13.0. The van der Waals surface area contributed by atoms with E-state index in [-0.39, 0.29) is 16.9 Å². The predicted octanol–water partition coefficient (Wildman–Crippen LogP) is 4.21. The molecule has 1 amide bonds. The summed E-state index contributed by atoms with van der Waals surface area (Å²) in [7, 11) is -3.61. The number of aryl methyl sites for hydroxylation is 1. The SMILES string of the molecule is Cc1cccc(C(=O)Nc2cc(S(=O)(=O)N3CCCCC3)ccc2OC(C)C)c1. The van der Waals surface area contributed by atoms with Crippen LogP contribution in [0.3, 0.4) is 0 Å². The lowest BCUT2D eigenvalue weighted by molar-refractivity contribution is 0.102. The van der Waals surface area contributed by atoms with Crippen molar-refractivity contribution in [1.29, 1.82) is 0 Å². The number of nitrogens with one attached hydrogen (secondary N) is 1. The van der Waals surface area contributed by atoms with E-state index in [0.717, 1.165) is 24.8 Å². The fourth-order valence-corrected chi connectivity index (χ4v) is 4.90. The highest BCUT2D eigenvalue weighted by Gasteiger charge is 2.27. The summed E-state index contributed by atoms with van der Waals surface area (Å²) in [6.07, 6.45) is 2.66. The zero-order valence-corrected chi connectivity index (χ0v) is 18.0. The van der Waals surface area contributed by atoms with E-state index >= 15 is 0 Å². The van der Waals surface area contributed by atoms with Crippen LogP contribution in [-0.2, 0) is 10.0 Å². The molecule has 6 nitrogen and oxygen atoms in total. The summed E-state index contributed by atoms with van der Waals surface area (Å²) >= 11 is 0. The van der Waals surface area contributed by atoms with Crippen molar-refractivity contribution in [2.75, 3.05) is 18.4 Å². The summed E-state index contributed by atoms with van der Waals surface area (Å²) in [5.41, 5.74) is 1.82. The standard InChI is InChI=1S/C22H28N2O4S/c1-16(2)28-21-11-10-19(29(26,27)24-12-5-4-6-13-24)15-20(21)23-22(25)18-9-7-8-17(3)14-18/h7-11,14-16H,4-6,12-13H2,1-3H3,(H,23,25). The number of rotatable bonds is 6. The molecule has 0 bridgehead atoms. The average Bonchev–Trinajstić information content (AvgIpc) is 2.69. The van der Waals surface area contributed by atoms with Gasteiger partial charge >= 0.3 is 0 Å². The Morgan fingerprint density at radius 3 is 2.45 bits per heavy atom. The van der Waals surface area contributed by atoms with Crippen molar-refractivity contribution in [1.82, 2.24) is 4.31 Å². The summed E-state index contributed by atoms with van der Waals surface area (Å²) in [6, 6.07) is 11.9. The molecule has 0 aromatic heterocycles. The van der Waals surface area contributed by atoms with Gasteiger partial charge in [-0.3, -0.25) is 4.79 Å². The van der Waals surface area contributed by atoms with Gasteiger partial charge in [-0.1, -0.05) is 24.1 Å². The van der Waals surface area contributed by atoms with Crippen LogP contribution in [0.15, 0.2) is 47.4 Å². The lowest BCUT2D eigenvalue weighted by Gasteiger charge is -2.26. The average molecular weight is 417 g/mol. The maximum Gasteiger partial charge on any atom is 0.255 e. The molecule has 0 saturated carbocycles. The molecule has 3 rings (SSSR count). The normalized spacial score (nSPS) is 15.3. The van der Waals surface area contributed by atoms with E-state index < -0.39 is 10.0 Å². The number of benzene rings is 2. The van der Waals surface area contributed by atoms with Gasteiger partial charge in [-0.2, -0.15) is 4.31 Å². The molecule has 0 unspecified atom stereocenters. The smallest absolute Gasteiger partial charge is 0.255 e. The molecule has 0 spiro atoms. The van der Waals surface area contributed by atoms with Crippen molar-refractivity contribution < 1.29 is 17.9 Å². The van der Waals surface area contributed by atoms with Gasteiger partial charge in [0.2, 0.25) is 10.0 Å². The van der Waals surface area contributed by atoms with Crippen molar-refractivity contribution in [2.24, 2.45) is 0 Å². The third-order valence-corrected chi connectivity index (χ3v) is 6.69. The molecule has 1 aliphatic heterocycles. The van der Waals surface area contributed by atoms with E-state index in [1.165, 1.54) is 10.4 Å². The van der Waals surface area contributed by atoms with Crippen molar-refractivity contribution >= 4 is 21.6 Å². The first-order valence-corrected chi connectivity index (χ1v) is 11.4. The molecule has 1 saturated heterocycles. The van der Waals surface area contributed by atoms with Crippen LogP contribution in [0.5, 0.6) is 5.75 Å². The minimum Gasteiger partial charge on any atom is -0.489 e. The van der Waals surface area contributed by atoms with Gasteiger partial charge in [0, 0.05) is 18.7 Å². The number of hydrogen-bond acceptors (Lipinski definition) is 4. The Kier molecular flexibility index (Phi) is 6.59. The highest BCUT2D eigenvalue weighted by Crippen LogP contribution is 2.31. The third kappa shape index (κ3) is 5.16. The predicted molar refractivity (Wildman–Crippen MR) is 114 cm³/mol. The summed E-state index contributed by atoms with van der Waals surface area (Å²) in [4.78, 5) is 12.9. The number of ether oxygens (including phenoxy) is 1. The first-order valence-electron chi connectivity index (χ1n) is 9.96. The molecular formula is C22H28N2O4S. The fraction of sp³-hybridized carbons (Fsp3) is 0.409. The number of carbonyl (C=O) groups excluding carboxylic acids is 1. The number of carbonyl (C=O) groups is 1. The van der Waals surface area contributed by atoms with Gasteiger partial charge in [-0.25, -0.2) is 8.42 Å². The Morgan fingerprint density at radius 2 is 1.79 bits per heavy atom. The molecule has 0 aliphatic carbocycles. The molecule has 1 aliphatic rings. The van der Waals surface area contributed by atoms with Crippen LogP contribution in [0.1, 0.15) is 49.0 Å². The van der Waals surface area contributed by atoms with E-state index in [2.05, 4.69) is 5.32 Å². The zero-order valence-electron chi connectivity index (χ0n) is 17.1. The van der Waals surface area contributed by atoms with Gasteiger partial charge in [0.15, 0.2) is 0 Å². The maximum absolute atomic E-state index is 13.0. The second-order valence-electron chi connectivity index (χ2n) is 7.61. The number of hydrogen-bond donors (Lipinski definition) is 1. The van der Waals surface area contributed by atoms with E-state index in [1.807, 2.05) is 32.9 Å². The van der Waals surface area contributed by atoms with Gasteiger partial charge in [-0.05, 0) is 63.9 Å². The Hall–Kier alpha value is -2.38. The van der Waals surface area contributed by atoms with Gasteiger partial charge in [0.1, 0.15) is 5.75 Å². The highest BCUT2D eigenvalue weighted by molar-refractivity contribution is 7.89. The number of sulfonamides is 1. The number of amides is 1. The summed E-state index contributed by atoms with van der Waals surface area (Å²) in [5, 5.41) is 2.83. The monoisotopic (exact) mass is 416 g/mol. The molecule has 2 aromatic rings. The first-order chi connectivity index (χ1) is 13.8. The molecular weight excluding hydrogens is 388 g/mol. The minimum atomic E-state index is -3.61. The molecule has 2 aromatic carbocycles. The summed E-state index contributed by atoms with van der Waals surface area (Å²) in [6.45, 7) is 6.72. The molecule has 1 N–H and O–H groups in total. The molecule has 0 radical (unpaired) electrons. The van der Waals surface area contributed by atoms with Crippen LogP contribution in [0.4, 0.5) is 5.69 Å². The Balaban J connectivity index is 1.94. The van der Waals surface area contributed by atoms with Crippen LogP contribution in [-0.4, -0.2) is 37.8 Å². The van der Waals surface area contributed by atoms with Crippen LogP contribution in [0, 0.1) is 6.92 Å². The Bertz CT molecular complexity index is 980. The molecule has 0 atom stereocenters. The van der Waals surface area contributed by atoms with Crippen LogP contribution < -0.4 is 10.1 Å². The second-order valence-corrected chi connectivity index (χ2v) is 9.55. The van der Waals surface area contributed by atoms with Crippen molar-refractivity contribution in [3.8, 4) is 5.75 Å². The zero-order chi connectivity index (χ0) is 21.0. The van der Waals surface area contributed by atoms with Crippen LogP contribution in [0.25, 0.3) is 0 Å². The van der Waals surface area contributed by atoms with E-state index in [4.69, 9.17) is 4.74 Å². The lowest BCUT2D eigenvalue weighted by atomic mass is 10.1. The molecule has 29 heavy (non-hydrogen) atoms. The summed E-state index contributed by atoms with van der Waals surface area (Å²) < 4.78 is 33.4. The highest BCUT2D eigenvalue weighted by atomic mass is 32.2. The number of anilines is 1. The van der Waals surface area contributed by atoms with Crippen molar-refractivity contribution in [3.05, 3.63) is 53.6 Å². The number of piperidine rings is 1. The largest absolute Gasteiger partial charge is 0.489 e. The quantitative estimate of drug-likeness (QED) is 0.765. The molecule has 156 valence electrons. The molecule has 1 fully saturated rings. The van der Waals surface area contributed by atoms with E-state index in [0.29, 0.717) is 30.1 Å². The number of nitrogens with zero attached hydrogens (tertiary/aromatic N) is 1. The molecule has 7 heteroatoms. The Labute approximate surface area is 172 Å². The Morgan fingerprint density at radius 1 is 1.07 bits per heavy atom. The van der Waals surface area contributed by atoms with Gasteiger partial charge in [0.05, 0.1) is 16.7 Å². The van der Waals surface area contributed by atoms with E-state index in [9.17, 15) is 13.2 Å². The molecule has 1 heterocycles. The van der Waals surface area contributed by atoms with Crippen molar-refractivity contribution in [2.45, 2.75) is 51.0 Å². The van der Waals surface area contributed by atoms with Crippen LogP contribution >= 0.6 is 0 Å². The lowest BCUT2D eigenvalue weighted by Crippen LogP contribution is -2.35. The van der Waals surface area contributed by atoms with Gasteiger partial charge in [0.25, 0.3) is 5.91 Å². The van der Waals surface area contributed by atoms with E-state index in [1.54, 1.807) is 24.3 Å². The first kappa shape index (κ1) is 21.3. The van der Waals surface area contributed by atoms with Crippen molar-refractivity contribution in [3.63, 3.8) is 0 Å². The summed E-state index contributed by atoms with van der Waals surface area (Å²) in [5.74, 6) is 0.133. The second kappa shape index (κ2) is 8.97. The fourth-order valence-electron chi connectivity index (χ4n) is 3.36. The van der Waals surface area contributed by atoms with Gasteiger partial charge in [-0.15, -0.1) is 0 Å². The van der Waals surface area contributed by atoms with Gasteiger partial charge < -0.3 is 10.1 Å². The third-order valence-electron chi connectivity index (χ3n) is 4.79. The minimum absolute atomic E-state index is 0.117. The van der Waals surface area contributed by atoms with Crippen LogP contribution in [0.2, 0.25) is 0 Å².